The van der Waals surface area contributed by atoms with Crippen LogP contribution < -0.4 is 15.4 Å². The molecule has 0 spiro atoms. The van der Waals surface area contributed by atoms with E-state index in [-0.39, 0.29) is 0 Å². The zero-order valence-electron chi connectivity index (χ0n) is 13.7. The van der Waals surface area contributed by atoms with Gasteiger partial charge in [0.05, 0.1) is 12.3 Å². The van der Waals surface area contributed by atoms with Gasteiger partial charge in [-0.15, -0.1) is 0 Å². The number of nitrogen functional groups attached to an aromatic ring is 1. The van der Waals surface area contributed by atoms with Gasteiger partial charge in [0.1, 0.15) is 5.82 Å². The van der Waals surface area contributed by atoms with Crippen molar-refractivity contribution < 1.29 is 4.74 Å². The Hall–Kier alpha value is -1.49. The second kappa shape index (κ2) is 6.98. The first-order valence-electron chi connectivity index (χ1n) is 7.74. The second-order valence-electron chi connectivity index (χ2n) is 6.57. The molecule has 0 bridgehead atoms. The van der Waals surface area contributed by atoms with Gasteiger partial charge >= 0.3 is 0 Å². The number of likely N-dealkylation sites (tertiary alicyclic amines) is 1. The van der Waals surface area contributed by atoms with Crippen molar-refractivity contribution >= 4 is 11.5 Å². The summed E-state index contributed by atoms with van der Waals surface area (Å²) in [5.41, 5.74) is 6.55. The molecule has 118 valence electrons. The van der Waals surface area contributed by atoms with Gasteiger partial charge in [0.25, 0.3) is 0 Å². The number of hydrogen-bond donors (Lipinski definition) is 1. The molecule has 1 saturated heterocycles. The number of nitrogens with two attached hydrogens (primary N) is 1. The van der Waals surface area contributed by atoms with Crippen LogP contribution in [0.4, 0.5) is 11.5 Å². The number of ether oxygens (including phenoxy) is 1. The summed E-state index contributed by atoms with van der Waals surface area (Å²) < 4.78 is 5.71. The smallest absolute Gasteiger partial charge is 0.239 e. The van der Waals surface area contributed by atoms with Crippen LogP contribution in [0.2, 0.25) is 0 Å². The summed E-state index contributed by atoms with van der Waals surface area (Å²) in [6, 6.07) is 3.85. The molecular weight excluding hydrogens is 264 g/mol. The van der Waals surface area contributed by atoms with E-state index in [1.807, 2.05) is 12.1 Å². The maximum absolute atomic E-state index is 5.94. The summed E-state index contributed by atoms with van der Waals surface area (Å²) in [6.45, 7) is 8.24. The number of nitrogens with zero attached hydrogens (tertiary/aromatic N) is 3. The van der Waals surface area contributed by atoms with Gasteiger partial charge < -0.3 is 20.3 Å². The zero-order chi connectivity index (χ0) is 15.4. The lowest BCUT2D eigenvalue weighted by Crippen LogP contribution is -2.28. The van der Waals surface area contributed by atoms with Crippen LogP contribution in [-0.2, 0) is 0 Å². The number of hydrogen-bond acceptors (Lipinski definition) is 5. The van der Waals surface area contributed by atoms with Gasteiger partial charge in [-0.25, -0.2) is 0 Å². The van der Waals surface area contributed by atoms with Crippen LogP contribution in [0.15, 0.2) is 12.1 Å². The molecule has 1 fully saturated rings. The number of pyridine rings is 1. The van der Waals surface area contributed by atoms with E-state index in [2.05, 4.69) is 42.7 Å². The van der Waals surface area contributed by atoms with Crippen molar-refractivity contribution in [3.63, 3.8) is 0 Å². The molecule has 1 aromatic heterocycles. The summed E-state index contributed by atoms with van der Waals surface area (Å²) in [5.74, 6) is 2.65. The molecule has 1 aliphatic rings. The fourth-order valence-electron chi connectivity index (χ4n) is 2.67. The van der Waals surface area contributed by atoms with E-state index in [4.69, 9.17) is 10.5 Å². The molecule has 2 rings (SSSR count). The lowest BCUT2D eigenvalue weighted by molar-refractivity contribution is 0.263. The molecule has 2 N–H and O–H groups in total. The average Bonchev–Trinajstić information content (AvgIpc) is 2.83. The first-order valence-corrected chi connectivity index (χ1v) is 7.74. The minimum atomic E-state index is 0.460. The Bertz CT molecular complexity index is 464. The molecule has 2 heterocycles. The Balaban J connectivity index is 1.99. The summed E-state index contributed by atoms with van der Waals surface area (Å²) in [5, 5.41) is 0. The van der Waals surface area contributed by atoms with Crippen molar-refractivity contribution in [2.45, 2.75) is 20.3 Å². The minimum Gasteiger partial charge on any atom is -0.476 e. The third-order valence-corrected chi connectivity index (χ3v) is 3.84. The number of anilines is 2. The van der Waals surface area contributed by atoms with Crippen LogP contribution in [0.5, 0.6) is 5.88 Å². The van der Waals surface area contributed by atoms with Gasteiger partial charge in [0.15, 0.2) is 0 Å². The predicted molar refractivity (Wildman–Crippen MR) is 87.9 cm³/mol. The van der Waals surface area contributed by atoms with E-state index >= 15 is 0 Å². The van der Waals surface area contributed by atoms with E-state index in [0.29, 0.717) is 30.0 Å². The van der Waals surface area contributed by atoms with Gasteiger partial charge in [-0.3, -0.25) is 0 Å². The molecule has 5 heteroatoms. The van der Waals surface area contributed by atoms with E-state index in [9.17, 15) is 0 Å². The Kier molecular flexibility index (Phi) is 5.28. The summed E-state index contributed by atoms with van der Waals surface area (Å²) in [4.78, 5) is 9.15. The lowest BCUT2D eigenvalue weighted by atomic mass is 10.1. The van der Waals surface area contributed by atoms with E-state index in [0.717, 1.165) is 18.9 Å². The maximum atomic E-state index is 5.94. The van der Waals surface area contributed by atoms with E-state index < -0.39 is 0 Å². The molecule has 0 aromatic carbocycles. The summed E-state index contributed by atoms with van der Waals surface area (Å²) in [7, 11) is 4.27. The average molecular weight is 292 g/mol. The molecule has 0 aliphatic carbocycles. The largest absolute Gasteiger partial charge is 0.476 e. The highest BCUT2D eigenvalue weighted by Gasteiger charge is 2.21. The van der Waals surface area contributed by atoms with Crippen LogP contribution in [-0.4, -0.2) is 50.2 Å². The van der Waals surface area contributed by atoms with Crippen molar-refractivity contribution in [2.75, 3.05) is 51.0 Å². The molecule has 0 radical (unpaired) electrons. The highest BCUT2D eigenvalue weighted by molar-refractivity contribution is 5.54. The van der Waals surface area contributed by atoms with Crippen LogP contribution in [0.25, 0.3) is 0 Å². The Labute approximate surface area is 128 Å². The Morgan fingerprint density at radius 1 is 1.48 bits per heavy atom. The number of rotatable bonds is 6. The highest BCUT2D eigenvalue weighted by atomic mass is 16.5. The fourth-order valence-corrected chi connectivity index (χ4v) is 2.67. The molecule has 0 amide bonds. The molecule has 1 atom stereocenters. The van der Waals surface area contributed by atoms with Crippen molar-refractivity contribution in [3.05, 3.63) is 12.1 Å². The van der Waals surface area contributed by atoms with Gasteiger partial charge in [-0.2, -0.15) is 4.98 Å². The van der Waals surface area contributed by atoms with Gasteiger partial charge in [-0.1, -0.05) is 13.8 Å². The van der Waals surface area contributed by atoms with Crippen LogP contribution in [0.3, 0.4) is 0 Å². The van der Waals surface area contributed by atoms with Gasteiger partial charge in [-0.05, 0) is 44.0 Å². The van der Waals surface area contributed by atoms with Crippen LogP contribution in [0.1, 0.15) is 20.3 Å². The molecule has 0 saturated carbocycles. The molecule has 1 aliphatic heterocycles. The topological polar surface area (TPSA) is 54.6 Å². The fraction of sp³-hybridized carbons (Fsp3) is 0.688. The monoisotopic (exact) mass is 292 g/mol. The van der Waals surface area contributed by atoms with Crippen LogP contribution >= 0.6 is 0 Å². The quantitative estimate of drug-likeness (QED) is 0.870. The standard InChI is InChI=1S/C16H28N4O/c1-12(2)11-21-16-14(17)5-6-15(18-16)20(4)10-13-7-8-19(3)9-13/h5-6,12-13H,7-11,17H2,1-4H3. The van der Waals surface area contributed by atoms with Gasteiger partial charge in [0.2, 0.25) is 5.88 Å². The minimum absolute atomic E-state index is 0.460. The summed E-state index contributed by atoms with van der Waals surface area (Å²) in [6.07, 6.45) is 1.26. The van der Waals surface area contributed by atoms with Crippen molar-refractivity contribution in [2.24, 2.45) is 11.8 Å². The predicted octanol–water partition coefficient (Wildman–Crippen LogP) is 2.09. The van der Waals surface area contributed by atoms with Crippen LogP contribution in [0, 0.1) is 11.8 Å². The third-order valence-electron chi connectivity index (χ3n) is 3.84. The Morgan fingerprint density at radius 3 is 2.86 bits per heavy atom. The molecular formula is C16H28N4O. The molecule has 1 unspecified atom stereocenters. The van der Waals surface area contributed by atoms with Crippen molar-refractivity contribution in [1.29, 1.82) is 0 Å². The third kappa shape index (κ3) is 4.49. The highest BCUT2D eigenvalue weighted by Crippen LogP contribution is 2.24. The Morgan fingerprint density at radius 2 is 2.24 bits per heavy atom. The lowest BCUT2D eigenvalue weighted by Gasteiger charge is -2.23. The van der Waals surface area contributed by atoms with E-state index in [1.165, 1.54) is 13.0 Å². The van der Waals surface area contributed by atoms with Gasteiger partial charge in [0, 0.05) is 20.1 Å². The SMILES string of the molecule is CC(C)COc1nc(N(C)CC2CCN(C)C2)ccc1N. The molecule has 5 nitrogen and oxygen atoms in total. The number of aromatic nitrogens is 1. The van der Waals surface area contributed by atoms with Crippen molar-refractivity contribution in [3.8, 4) is 5.88 Å². The maximum Gasteiger partial charge on any atom is 0.239 e. The first kappa shape index (κ1) is 15.9. The van der Waals surface area contributed by atoms with E-state index in [1.54, 1.807) is 0 Å². The molecule has 1 aromatic rings. The first-order chi connectivity index (χ1) is 9.95. The zero-order valence-corrected chi connectivity index (χ0v) is 13.7. The summed E-state index contributed by atoms with van der Waals surface area (Å²) >= 11 is 0. The molecule has 21 heavy (non-hydrogen) atoms. The van der Waals surface area contributed by atoms with Crippen molar-refractivity contribution in [1.82, 2.24) is 9.88 Å². The normalized spacial score (nSPS) is 19.2. The second-order valence-corrected chi connectivity index (χ2v) is 6.57.